The maximum absolute atomic E-state index is 11.7. The number of benzene rings is 2. The van der Waals surface area contributed by atoms with Gasteiger partial charge >= 0.3 is 6.09 Å². The third kappa shape index (κ3) is 3.61. The van der Waals surface area contributed by atoms with Crippen molar-refractivity contribution in [1.29, 1.82) is 0 Å². The van der Waals surface area contributed by atoms with Gasteiger partial charge < -0.3 is 15.5 Å². The van der Waals surface area contributed by atoms with Gasteiger partial charge in [-0.15, -0.1) is 10.2 Å². The van der Waals surface area contributed by atoms with Crippen LogP contribution >= 0.6 is 11.6 Å². The van der Waals surface area contributed by atoms with Gasteiger partial charge in [-0.05, 0) is 48.1 Å². The molecule has 0 aliphatic heterocycles. The number of nitrogens with zero attached hydrogens (tertiary/aromatic N) is 5. The number of rotatable bonds is 5. The van der Waals surface area contributed by atoms with Crippen LogP contribution in [0.4, 0.5) is 4.79 Å². The Kier molecular flexibility index (Phi) is 4.98. The second-order valence-corrected chi connectivity index (χ2v) is 10.7. The van der Waals surface area contributed by atoms with Gasteiger partial charge in [0.25, 0.3) is 0 Å². The Bertz CT molecular complexity index is 1710. The fourth-order valence-corrected chi connectivity index (χ4v) is 6.07. The molecule has 2 aliphatic rings. The van der Waals surface area contributed by atoms with Crippen LogP contribution in [-0.4, -0.2) is 46.5 Å². The monoisotopic (exact) mass is 526 g/mol. The summed E-state index contributed by atoms with van der Waals surface area (Å²) in [6.07, 6.45) is 1.63. The van der Waals surface area contributed by atoms with Crippen molar-refractivity contribution in [2.75, 3.05) is 0 Å². The third-order valence-electron chi connectivity index (χ3n) is 7.81. The third-order valence-corrected chi connectivity index (χ3v) is 8.06. The molecule has 2 saturated carbocycles. The highest BCUT2D eigenvalue weighted by atomic mass is 35.5. The molecule has 0 atom stereocenters. The predicted molar refractivity (Wildman–Crippen MR) is 142 cm³/mol. The number of pyridine rings is 1. The van der Waals surface area contributed by atoms with Crippen molar-refractivity contribution in [3.05, 3.63) is 77.6 Å². The molecule has 3 aromatic heterocycles. The molecule has 38 heavy (non-hydrogen) atoms. The van der Waals surface area contributed by atoms with Gasteiger partial charge in [0.05, 0.1) is 22.5 Å². The van der Waals surface area contributed by atoms with Crippen molar-refractivity contribution in [1.82, 2.24) is 29.9 Å². The normalized spacial score (nSPS) is 22.9. The van der Waals surface area contributed by atoms with Crippen molar-refractivity contribution < 1.29 is 15.0 Å². The molecular formula is C28H23ClN6O3. The molecule has 1 amide bonds. The van der Waals surface area contributed by atoms with Crippen LogP contribution in [0.25, 0.3) is 39.3 Å². The van der Waals surface area contributed by atoms with Gasteiger partial charge in [0.1, 0.15) is 5.52 Å². The van der Waals surface area contributed by atoms with Crippen molar-refractivity contribution in [3.63, 3.8) is 0 Å². The quantitative estimate of drug-likeness (QED) is 0.292. The number of fused-ring (bicyclic) bond motifs is 3. The molecule has 0 unspecified atom stereocenters. The van der Waals surface area contributed by atoms with Crippen molar-refractivity contribution in [3.8, 4) is 22.5 Å². The zero-order valence-corrected chi connectivity index (χ0v) is 20.9. The Labute approximate surface area is 222 Å². The predicted octanol–water partition coefficient (Wildman–Crippen LogP) is 5.06. The Morgan fingerprint density at radius 1 is 0.921 bits per heavy atom. The summed E-state index contributed by atoms with van der Waals surface area (Å²) in [7, 11) is 0. The first-order valence-corrected chi connectivity index (χ1v) is 12.8. The average Bonchev–Trinajstić information content (AvgIpc) is 3.70. The molecule has 3 heterocycles. The standard InChI is InChI=1S/C28H23ClN6O3/c29-25-34-33-21-13-12-20-24(35(21)25)31-23(16-4-2-1-3-5-16)22(30-20)17-6-8-18(9-7-17)27(32-26(36)37)14-28(38,15-27)19-10-11-19/h1-9,12-13,19,32,38H,10-11,14-15H2,(H,36,37). The molecule has 0 spiro atoms. The van der Waals surface area contributed by atoms with Crippen molar-refractivity contribution in [2.45, 2.75) is 36.8 Å². The number of amides is 1. The number of halogens is 1. The van der Waals surface area contributed by atoms with E-state index in [2.05, 4.69) is 15.5 Å². The van der Waals surface area contributed by atoms with Gasteiger partial charge in [-0.3, -0.25) is 0 Å². The van der Waals surface area contributed by atoms with Crippen LogP contribution < -0.4 is 5.32 Å². The molecule has 0 radical (unpaired) electrons. The molecule has 0 bridgehead atoms. The summed E-state index contributed by atoms with van der Waals surface area (Å²) in [6.45, 7) is 0. The van der Waals surface area contributed by atoms with Gasteiger partial charge in [0.2, 0.25) is 5.28 Å². The molecular weight excluding hydrogens is 504 g/mol. The Hall–Kier alpha value is -4.08. The van der Waals surface area contributed by atoms with Crippen molar-refractivity contribution >= 4 is 34.5 Å². The van der Waals surface area contributed by atoms with Crippen LogP contribution in [0.5, 0.6) is 0 Å². The fraction of sp³-hybridized carbons (Fsp3) is 0.250. The number of carbonyl (C=O) groups is 1. The van der Waals surface area contributed by atoms with E-state index in [4.69, 9.17) is 21.6 Å². The first-order chi connectivity index (χ1) is 18.4. The smallest absolute Gasteiger partial charge is 0.405 e. The van der Waals surface area contributed by atoms with Gasteiger partial charge in [-0.25, -0.2) is 19.2 Å². The highest BCUT2D eigenvalue weighted by Crippen LogP contribution is 2.58. The molecule has 2 fully saturated rings. The molecule has 190 valence electrons. The number of hydrogen-bond donors (Lipinski definition) is 3. The average molecular weight is 527 g/mol. The lowest BCUT2D eigenvalue weighted by atomic mass is 9.59. The van der Waals surface area contributed by atoms with Crippen LogP contribution in [0.2, 0.25) is 5.28 Å². The van der Waals surface area contributed by atoms with E-state index in [1.54, 1.807) is 10.5 Å². The zero-order chi connectivity index (χ0) is 26.1. The number of carboxylic acid groups (broad SMARTS) is 1. The van der Waals surface area contributed by atoms with Gasteiger partial charge in [0, 0.05) is 24.0 Å². The zero-order valence-electron chi connectivity index (χ0n) is 20.2. The first-order valence-electron chi connectivity index (χ1n) is 12.5. The van der Waals surface area contributed by atoms with Gasteiger partial charge in [0.15, 0.2) is 11.3 Å². The highest BCUT2D eigenvalue weighted by Gasteiger charge is 2.61. The fourth-order valence-electron chi connectivity index (χ4n) is 5.87. The van der Waals surface area contributed by atoms with Crippen LogP contribution in [0, 0.1) is 5.92 Å². The summed E-state index contributed by atoms with van der Waals surface area (Å²) < 4.78 is 1.67. The van der Waals surface area contributed by atoms with E-state index >= 15 is 0 Å². The van der Waals surface area contributed by atoms with E-state index in [1.165, 1.54) is 0 Å². The Balaban J connectivity index is 1.34. The van der Waals surface area contributed by atoms with E-state index < -0.39 is 17.2 Å². The van der Waals surface area contributed by atoms with Crippen LogP contribution in [0.15, 0.2) is 66.7 Å². The number of aliphatic hydroxyl groups is 1. The summed E-state index contributed by atoms with van der Waals surface area (Å²) in [5.74, 6) is 0.262. The summed E-state index contributed by atoms with van der Waals surface area (Å²) in [5, 5.41) is 31.5. The van der Waals surface area contributed by atoms with E-state index in [0.29, 0.717) is 41.0 Å². The summed E-state index contributed by atoms with van der Waals surface area (Å²) in [5.41, 5.74) is 4.05. The molecule has 10 heteroatoms. The van der Waals surface area contributed by atoms with Crippen LogP contribution in [0.1, 0.15) is 31.2 Å². The Morgan fingerprint density at radius 3 is 2.29 bits per heavy atom. The lowest BCUT2D eigenvalue weighted by Gasteiger charge is -2.54. The molecule has 5 aromatic rings. The maximum Gasteiger partial charge on any atom is 0.405 e. The van der Waals surface area contributed by atoms with Crippen LogP contribution in [0.3, 0.4) is 0 Å². The summed E-state index contributed by atoms with van der Waals surface area (Å²) >= 11 is 6.32. The van der Waals surface area contributed by atoms with Gasteiger partial charge in [-0.1, -0.05) is 54.6 Å². The highest BCUT2D eigenvalue weighted by molar-refractivity contribution is 6.28. The minimum absolute atomic E-state index is 0.207. The number of aromatic nitrogens is 5. The topological polar surface area (TPSA) is 126 Å². The number of nitrogens with one attached hydrogen (secondary N) is 1. The minimum Gasteiger partial charge on any atom is -0.465 e. The molecule has 9 nitrogen and oxygen atoms in total. The van der Waals surface area contributed by atoms with E-state index in [0.717, 1.165) is 29.5 Å². The SMILES string of the molecule is O=C(O)NC1(c2ccc(-c3nc4ccc5nnc(Cl)n5c4nc3-c3ccccc3)cc2)CC(O)(C2CC2)C1. The molecule has 2 aromatic carbocycles. The second-order valence-electron chi connectivity index (χ2n) is 10.3. The van der Waals surface area contributed by atoms with E-state index in [-0.39, 0.29) is 11.2 Å². The second kappa shape index (κ2) is 8.21. The number of hydrogen-bond acceptors (Lipinski definition) is 6. The molecule has 7 rings (SSSR count). The molecule has 2 aliphatic carbocycles. The Morgan fingerprint density at radius 2 is 1.61 bits per heavy atom. The molecule has 3 N–H and O–H groups in total. The summed E-state index contributed by atoms with van der Waals surface area (Å²) in [6, 6.07) is 21.1. The largest absolute Gasteiger partial charge is 0.465 e. The first kappa shape index (κ1) is 23.1. The van der Waals surface area contributed by atoms with Crippen LogP contribution in [-0.2, 0) is 5.54 Å². The lowest BCUT2D eigenvalue weighted by Crippen LogP contribution is -2.63. The van der Waals surface area contributed by atoms with Crippen molar-refractivity contribution in [2.24, 2.45) is 5.92 Å². The van der Waals surface area contributed by atoms with E-state index in [9.17, 15) is 15.0 Å². The summed E-state index contributed by atoms with van der Waals surface area (Å²) in [4.78, 5) is 21.6. The minimum atomic E-state index is -1.10. The van der Waals surface area contributed by atoms with Gasteiger partial charge in [-0.2, -0.15) is 0 Å². The molecule has 0 saturated heterocycles. The maximum atomic E-state index is 11.7. The van der Waals surface area contributed by atoms with E-state index in [1.807, 2.05) is 60.7 Å². The lowest BCUT2D eigenvalue weighted by molar-refractivity contribution is -0.116.